The molecule has 2 aliphatic rings. The Bertz CT molecular complexity index is 868. The van der Waals surface area contributed by atoms with Crippen molar-refractivity contribution in [2.24, 2.45) is 0 Å². The van der Waals surface area contributed by atoms with Gasteiger partial charge in [-0.3, -0.25) is 4.79 Å². The zero-order valence-electron chi connectivity index (χ0n) is 14.4. The van der Waals surface area contributed by atoms with Gasteiger partial charge in [-0.2, -0.15) is 5.26 Å². The van der Waals surface area contributed by atoms with Crippen LogP contribution in [0.15, 0.2) is 42.5 Å². The molecule has 0 aliphatic carbocycles. The van der Waals surface area contributed by atoms with Gasteiger partial charge in [0.05, 0.1) is 23.9 Å². The first kappa shape index (κ1) is 16.4. The minimum absolute atomic E-state index is 0.0206. The number of fused-ring (bicyclic) bond motifs is 1. The maximum atomic E-state index is 12.4. The molecule has 6 heteroatoms. The molecule has 1 saturated heterocycles. The van der Waals surface area contributed by atoms with E-state index in [-0.39, 0.29) is 12.5 Å². The number of anilines is 2. The number of amides is 1. The van der Waals surface area contributed by atoms with Gasteiger partial charge in [-0.1, -0.05) is 18.2 Å². The van der Waals surface area contributed by atoms with E-state index < -0.39 is 0 Å². The summed E-state index contributed by atoms with van der Waals surface area (Å²) in [5.41, 5.74) is 3.29. The molecule has 0 bridgehead atoms. The van der Waals surface area contributed by atoms with Crippen LogP contribution in [0.4, 0.5) is 11.4 Å². The Morgan fingerprint density at radius 3 is 2.77 bits per heavy atom. The van der Waals surface area contributed by atoms with Crippen molar-refractivity contribution in [3.63, 3.8) is 0 Å². The van der Waals surface area contributed by atoms with Crippen molar-refractivity contribution in [3.05, 3.63) is 53.6 Å². The fraction of sp³-hybridized carbons (Fsp3) is 0.300. The summed E-state index contributed by atoms with van der Waals surface area (Å²) in [6.07, 6.45) is 0. The molecule has 0 unspecified atom stereocenters. The monoisotopic (exact) mass is 348 g/mol. The molecule has 2 aromatic rings. The van der Waals surface area contributed by atoms with Crippen molar-refractivity contribution in [1.82, 2.24) is 5.32 Å². The Kier molecular flexibility index (Phi) is 4.46. The highest BCUT2D eigenvalue weighted by Gasteiger charge is 2.27. The van der Waals surface area contributed by atoms with E-state index in [0.717, 1.165) is 48.9 Å². The van der Waals surface area contributed by atoms with Crippen LogP contribution in [0, 0.1) is 11.3 Å². The molecule has 0 aromatic heterocycles. The summed E-state index contributed by atoms with van der Waals surface area (Å²) >= 11 is 0. The number of benzene rings is 2. The number of carbonyl (C=O) groups is 1. The molecule has 2 aliphatic heterocycles. The highest BCUT2D eigenvalue weighted by atomic mass is 16.5. The van der Waals surface area contributed by atoms with Crippen LogP contribution in [0.5, 0.6) is 5.75 Å². The first-order valence-corrected chi connectivity index (χ1v) is 8.77. The van der Waals surface area contributed by atoms with E-state index in [1.165, 1.54) is 0 Å². The van der Waals surface area contributed by atoms with Crippen LogP contribution < -0.4 is 19.9 Å². The normalized spacial score (nSPS) is 16.7. The lowest BCUT2D eigenvalue weighted by Gasteiger charge is -2.33. The number of nitriles is 1. The van der Waals surface area contributed by atoms with Gasteiger partial charge in [-0.05, 0) is 23.8 Å². The van der Waals surface area contributed by atoms with E-state index in [0.29, 0.717) is 12.1 Å². The Morgan fingerprint density at radius 1 is 1.15 bits per heavy atom. The number of rotatable bonds is 3. The standard InChI is InChI=1S/C20H20N4O2/c21-12-15-3-1-2-4-16(15)13-24-18-6-5-17(23-9-7-22-8-10-23)11-19(18)26-14-20(24)25/h1-6,11,22H,7-10,13-14H2. The van der Waals surface area contributed by atoms with Crippen molar-refractivity contribution in [1.29, 1.82) is 5.26 Å². The number of nitrogens with one attached hydrogen (secondary N) is 1. The van der Waals surface area contributed by atoms with E-state index >= 15 is 0 Å². The van der Waals surface area contributed by atoms with Gasteiger partial charge in [0, 0.05) is 37.9 Å². The van der Waals surface area contributed by atoms with Gasteiger partial charge in [0.1, 0.15) is 5.75 Å². The molecule has 26 heavy (non-hydrogen) atoms. The van der Waals surface area contributed by atoms with Crippen molar-refractivity contribution >= 4 is 17.3 Å². The SMILES string of the molecule is N#Cc1ccccc1CN1C(=O)COc2cc(N3CCNCC3)ccc21. The van der Waals surface area contributed by atoms with Gasteiger partial charge in [0.25, 0.3) is 5.91 Å². The molecular weight excluding hydrogens is 328 g/mol. The van der Waals surface area contributed by atoms with Gasteiger partial charge >= 0.3 is 0 Å². The number of hydrogen-bond acceptors (Lipinski definition) is 5. The van der Waals surface area contributed by atoms with Crippen molar-refractivity contribution in [2.75, 3.05) is 42.6 Å². The van der Waals surface area contributed by atoms with Gasteiger partial charge in [0.15, 0.2) is 6.61 Å². The maximum absolute atomic E-state index is 12.4. The van der Waals surface area contributed by atoms with Crippen LogP contribution in [0.25, 0.3) is 0 Å². The second kappa shape index (κ2) is 7.06. The molecule has 1 fully saturated rings. The molecule has 132 valence electrons. The molecule has 1 amide bonds. The highest BCUT2D eigenvalue weighted by Crippen LogP contribution is 2.36. The largest absolute Gasteiger partial charge is 0.481 e. The summed E-state index contributed by atoms with van der Waals surface area (Å²) in [4.78, 5) is 16.5. The summed E-state index contributed by atoms with van der Waals surface area (Å²) in [6, 6.07) is 15.6. The quantitative estimate of drug-likeness (QED) is 0.917. The maximum Gasteiger partial charge on any atom is 0.265 e. The lowest BCUT2D eigenvalue weighted by molar-refractivity contribution is -0.121. The summed E-state index contributed by atoms with van der Waals surface area (Å²) in [5.74, 6) is 0.621. The van der Waals surface area contributed by atoms with E-state index in [4.69, 9.17) is 4.74 Å². The average molecular weight is 348 g/mol. The van der Waals surface area contributed by atoms with Crippen LogP contribution in [0.3, 0.4) is 0 Å². The highest BCUT2D eigenvalue weighted by molar-refractivity contribution is 5.98. The van der Waals surface area contributed by atoms with Crippen LogP contribution in [0.2, 0.25) is 0 Å². The molecule has 2 heterocycles. The minimum atomic E-state index is -0.0971. The van der Waals surface area contributed by atoms with E-state index in [1.807, 2.05) is 36.4 Å². The summed E-state index contributed by atoms with van der Waals surface area (Å²) in [7, 11) is 0. The molecule has 1 N–H and O–H groups in total. The number of carbonyl (C=O) groups excluding carboxylic acids is 1. The Morgan fingerprint density at radius 2 is 1.96 bits per heavy atom. The van der Waals surface area contributed by atoms with Crippen molar-refractivity contribution in [2.45, 2.75) is 6.54 Å². The smallest absolute Gasteiger partial charge is 0.265 e. The van der Waals surface area contributed by atoms with Gasteiger partial charge in [-0.25, -0.2) is 0 Å². The molecule has 0 atom stereocenters. The van der Waals surface area contributed by atoms with Gasteiger partial charge in [-0.15, -0.1) is 0 Å². The minimum Gasteiger partial charge on any atom is -0.481 e. The lowest BCUT2D eigenvalue weighted by atomic mass is 10.1. The molecule has 0 spiro atoms. The van der Waals surface area contributed by atoms with Crippen LogP contribution >= 0.6 is 0 Å². The zero-order valence-corrected chi connectivity index (χ0v) is 14.4. The first-order chi connectivity index (χ1) is 12.8. The molecule has 0 radical (unpaired) electrons. The number of hydrogen-bond donors (Lipinski definition) is 1. The Labute approximate surface area is 152 Å². The fourth-order valence-electron chi connectivity index (χ4n) is 3.42. The molecule has 0 saturated carbocycles. The lowest BCUT2D eigenvalue weighted by Crippen LogP contribution is -2.43. The second-order valence-electron chi connectivity index (χ2n) is 6.43. The Balaban J connectivity index is 1.64. The predicted octanol–water partition coefficient (Wildman–Crippen LogP) is 1.89. The third kappa shape index (κ3) is 3.09. The first-order valence-electron chi connectivity index (χ1n) is 8.77. The van der Waals surface area contributed by atoms with Crippen LogP contribution in [-0.2, 0) is 11.3 Å². The number of ether oxygens (including phenoxy) is 1. The summed E-state index contributed by atoms with van der Waals surface area (Å²) in [5, 5.41) is 12.6. The molecular formula is C20H20N4O2. The average Bonchev–Trinajstić information content (AvgIpc) is 2.71. The summed E-state index contributed by atoms with van der Waals surface area (Å²) < 4.78 is 5.69. The fourth-order valence-corrected chi connectivity index (χ4v) is 3.42. The zero-order chi connectivity index (χ0) is 17.9. The van der Waals surface area contributed by atoms with Gasteiger partial charge in [0.2, 0.25) is 0 Å². The van der Waals surface area contributed by atoms with E-state index in [1.54, 1.807) is 11.0 Å². The second-order valence-corrected chi connectivity index (χ2v) is 6.43. The number of piperazine rings is 1. The van der Waals surface area contributed by atoms with E-state index in [9.17, 15) is 10.1 Å². The predicted molar refractivity (Wildman–Crippen MR) is 99.4 cm³/mol. The van der Waals surface area contributed by atoms with E-state index in [2.05, 4.69) is 16.3 Å². The van der Waals surface area contributed by atoms with Gasteiger partial charge < -0.3 is 19.9 Å². The summed E-state index contributed by atoms with van der Waals surface area (Å²) in [6.45, 7) is 4.23. The van der Waals surface area contributed by atoms with Crippen molar-refractivity contribution < 1.29 is 9.53 Å². The molecule has 6 nitrogen and oxygen atoms in total. The number of nitrogens with zero attached hydrogens (tertiary/aromatic N) is 3. The molecule has 4 rings (SSSR count). The topological polar surface area (TPSA) is 68.6 Å². The molecule has 2 aromatic carbocycles. The van der Waals surface area contributed by atoms with Crippen LogP contribution in [-0.4, -0.2) is 38.7 Å². The third-order valence-corrected chi connectivity index (χ3v) is 4.83. The Hall–Kier alpha value is -3.04. The van der Waals surface area contributed by atoms with Crippen molar-refractivity contribution in [3.8, 4) is 11.8 Å². The third-order valence-electron chi connectivity index (χ3n) is 4.83. The van der Waals surface area contributed by atoms with Crippen LogP contribution in [0.1, 0.15) is 11.1 Å².